The molecule has 1 rings (SSSR count). The van der Waals surface area contributed by atoms with Crippen molar-refractivity contribution in [3.63, 3.8) is 0 Å². The van der Waals surface area contributed by atoms with Gasteiger partial charge in [-0.2, -0.15) is 4.98 Å². The number of nitrogens with one attached hydrogen (secondary N) is 2. The van der Waals surface area contributed by atoms with Gasteiger partial charge in [-0.3, -0.25) is 0 Å². The van der Waals surface area contributed by atoms with Gasteiger partial charge < -0.3 is 15.7 Å². The van der Waals surface area contributed by atoms with E-state index in [1.54, 1.807) is 6.92 Å². The average molecular weight is 252 g/mol. The zero-order valence-electron chi connectivity index (χ0n) is 11.7. The quantitative estimate of drug-likeness (QED) is 0.694. The Bertz CT molecular complexity index is 368. The van der Waals surface area contributed by atoms with Crippen LogP contribution in [0.25, 0.3) is 0 Å². The summed E-state index contributed by atoms with van der Waals surface area (Å²) in [5.41, 5.74) is 0.926. The molecular formula is C13H24N4O. The standard InChI is InChI=1S/C13H24N4O/c1-5-6-14-13-16-10(3)8-12(17-13)15-9(2)7-11(4)18/h8-9,11,18H,5-7H2,1-4H3,(H2,14,15,16,17). The first-order chi connectivity index (χ1) is 8.51. The Hall–Kier alpha value is -1.36. The second kappa shape index (κ2) is 7.16. The van der Waals surface area contributed by atoms with E-state index in [0.29, 0.717) is 12.4 Å². The number of rotatable bonds is 7. The molecule has 18 heavy (non-hydrogen) atoms. The van der Waals surface area contributed by atoms with E-state index >= 15 is 0 Å². The van der Waals surface area contributed by atoms with E-state index in [2.05, 4.69) is 27.5 Å². The Kier molecular flexibility index (Phi) is 5.85. The largest absolute Gasteiger partial charge is 0.393 e. The van der Waals surface area contributed by atoms with Crippen molar-refractivity contribution in [2.45, 2.75) is 52.7 Å². The number of aryl methyl sites for hydroxylation is 1. The van der Waals surface area contributed by atoms with Crippen LogP contribution in [0.3, 0.4) is 0 Å². The van der Waals surface area contributed by atoms with E-state index in [0.717, 1.165) is 24.5 Å². The summed E-state index contributed by atoms with van der Waals surface area (Å²) in [5, 5.41) is 15.8. The van der Waals surface area contributed by atoms with Gasteiger partial charge in [-0.25, -0.2) is 4.98 Å². The van der Waals surface area contributed by atoms with Crippen LogP contribution in [0.2, 0.25) is 0 Å². The first-order valence-electron chi connectivity index (χ1n) is 6.55. The van der Waals surface area contributed by atoms with E-state index in [1.165, 1.54) is 0 Å². The summed E-state index contributed by atoms with van der Waals surface area (Å²) < 4.78 is 0. The zero-order valence-corrected chi connectivity index (χ0v) is 11.7. The van der Waals surface area contributed by atoms with Crippen molar-refractivity contribution in [2.75, 3.05) is 17.2 Å². The van der Waals surface area contributed by atoms with Gasteiger partial charge in [0, 0.05) is 24.3 Å². The molecule has 0 aliphatic carbocycles. The first kappa shape index (κ1) is 14.7. The number of aliphatic hydroxyl groups excluding tert-OH is 1. The third-order valence-corrected chi connectivity index (χ3v) is 2.48. The molecule has 0 aliphatic heterocycles. The highest BCUT2D eigenvalue weighted by atomic mass is 16.3. The number of nitrogens with zero attached hydrogens (tertiary/aromatic N) is 2. The summed E-state index contributed by atoms with van der Waals surface area (Å²) in [5.74, 6) is 1.46. The number of anilines is 2. The van der Waals surface area contributed by atoms with Crippen molar-refractivity contribution < 1.29 is 5.11 Å². The summed E-state index contributed by atoms with van der Waals surface area (Å²) >= 11 is 0. The maximum Gasteiger partial charge on any atom is 0.224 e. The molecule has 5 heteroatoms. The van der Waals surface area contributed by atoms with Gasteiger partial charge in [0.15, 0.2) is 0 Å². The average Bonchev–Trinajstić information content (AvgIpc) is 2.24. The van der Waals surface area contributed by atoms with E-state index in [1.807, 2.05) is 19.9 Å². The lowest BCUT2D eigenvalue weighted by molar-refractivity contribution is 0.179. The highest BCUT2D eigenvalue weighted by Crippen LogP contribution is 2.12. The van der Waals surface area contributed by atoms with Crippen molar-refractivity contribution in [1.29, 1.82) is 0 Å². The van der Waals surface area contributed by atoms with Crippen molar-refractivity contribution >= 4 is 11.8 Å². The molecule has 102 valence electrons. The van der Waals surface area contributed by atoms with Gasteiger partial charge in [-0.15, -0.1) is 0 Å². The summed E-state index contributed by atoms with van der Waals surface area (Å²) in [4.78, 5) is 8.73. The van der Waals surface area contributed by atoms with Crippen LogP contribution in [0.5, 0.6) is 0 Å². The fourth-order valence-electron chi connectivity index (χ4n) is 1.78. The van der Waals surface area contributed by atoms with E-state index in [9.17, 15) is 5.11 Å². The van der Waals surface area contributed by atoms with Crippen molar-refractivity contribution in [2.24, 2.45) is 0 Å². The maximum absolute atomic E-state index is 9.34. The molecule has 0 aliphatic rings. The van der Waals surface area contributed by atoms with Gasteiger partial charge in [-0.05, 0) is 33.6 Å². The van der Waals surface area contributed by atoms with Gasteiger partial charge in [0.1, 0.15) is 5.82 Å². The molecular weight excluding hydrogens is 228 g/mol. The molecule has 0 saturated carbocycles. The van der Waals surface area contributed by atoms with Crippen LogP contribution in [-0.2, 0) is 0 Å². The Morgan fingerprint density at radius 2 is 2.06 bits per heavy atom. The molecule has 1 aromatic heterocycles. The van der Waals surface area contributed by atoms with Gasteiger partial charge >= 0.3 is 0 Å². The Labute approximate surface area is 109 Å². The minimum atomic E-state index is -0.312. The van der Waals surface area contributed by atoms with Crippen LogP contribution < -0.4 is 10.6 Å². The van der Waals surface area contributed by atoms with E-state index < -0.39 is 0 Å². The molecule has 3 N–H and O–H groups in total. The molecule has 2 unspecified atom stereocenters. The molecule has 2 atom stereocenters. The lowest BCUT2D eigenvalue weighted by Gasteiger charge is -2.16. The summed E-state index contributed by atoms with van der Waals surface area (Å²) in [7, 11) is 0. The van der Waals surface area contributed by atoms with Gasteiger partial charge in [-0.1, -0.05) is 6.92 Å². The number of hydrogen-bond acceptors (Lipinski definition) is 5. The fourth-order valence-corrected chi connectivity index (χ4v) is 1.78. The van der Waals surface area contributed by atoms with E-state index in [-0.39, 0.29) is 12.1 Å². The molecule has 0 amide bonds. The maximum atomic E-state index is 9.34. The van der Waals surface area contributed by atoms with Gasteiger partial charge in [0.2, 0.25) is 5.95 Å². The van der Waals surface area contributed by atoms with Crippen molar-refractivity contribution in [1.82, 2.24) is 9.97 Å². The third kappa shape index (κ3) is 5.31. The topological polar surface area (TPSA) is 70.1 Å². The molecule has 0 fully saturated rings. The van der Waals surface area contributed by atoms with Crippen LogP contribution >= 0.6 is 0 Å². The Morgan fingerprint density at radius 3 is 2.67 bits per heavy atom. The Morgan fingerprint density at radius 1 is 1.33 bits per heavy atom. The SMILES string of the molecule is CCCNc1nc(C)cc(NC(C)CC(C)O)n1. The van der Waals surface area contributed by atoms with Crippen LogP contribution in [0.1, 0.15) is 39.3 Å². The lowest BCUT2D eigenvalue weighted by atomic mass is 10.1. The van der Waals surface area contributed by atoms with Crippen molar-refractivity contribution in [3.05, 3.63) is 11.8 Å². The molecule has 0 aromatic carbocycles. The molecule has 0 saturated heterocycles. The van der Waals surface area contributed by atoms with Crippen molar-refractivity contribution in [3.8, 4) is 0 Å². The van der Waals surface area contributed by atoms with Crippen LogP contribution in [-0.4, -0.2) is 33.8 Å². The molecule has 0 radical (unpaired) electrons. The second-order valence-corrected chi connectivity index (χ2v) is 4.78. The highest BCUT2D eigenvalue weighted by molar-refractivity contribution is 5.42. The predicted octanol–water partition coefficient (Wildman–Crippen LogP) is 2.18. The van der Waals surface area contributed by atoms with Crippen LogP contribution in [0, 0.1) is 6.92 Å². The normalized spacial score (nSPS) is 14.1. The minimum Gasteiger partial charge on any atom is -0.393 e. The number of aromatic nitrogens is 2. The molecule has 0 spiro atoms. The smallest absolute Gasteiger partial charge is 0.224 e. The number of aliphatic hydroxyl groups is 1. The summed E-state index contributed by atoms with van der Waals surface area (Å²) in [6.07, 6.45) is 1.42. The third-order valence-electron chi connectivity index (χ3n) is 2.48. The second-order valence-electron chi connectivity index (χ2n) is 4.78. The highest BCUT2D eigenvalue weighted by Gasteiger charge is 2.08. The lowest BCUT2D eigenvalue weighted by Crippen LogP contribution is -2.21. The predicted molar refractivity (Wildman–Crippen MR) is 74.9 cm³/mol. The first-order valence-corrected chi connectivity index (χ1v) is 6.55. The fraction of sp³-hybridized carbons (Fsp3) is 0.692. The monoisotopic (exact) mass is 252 g/mol. The summed E-state index contributed by atoms with van der Waals surface area (Å²) in [6.45, 7) is 8.74. The van der Waals surface area contributed by atoms with Crippen LogP contribution in [0.4, 0.5) is 11.8 Å². The van der Waals surface area contributed by atoms with Gasteiger partial charge in [0.05, 0.1) is 6.10 Å². The van der Waals surface area contributed by atoms with E-state index in [4.69, 9.17) is 0 Å². The molecule has 5 nitrogen and oxygen atoms in total. The zero-order chi connectivity index (χ0) is 13.5. The summed E-state index contributed by atoms with van der Waals surface area (Å²) in [6, 6.07) is 2.09. The molecule has 1 heterocycles. The Balaban J connectivity index is 2.67. The van der Waals surface area contributed by atoms with Gasteiger partial charge in [0.25, 0.3) is 0 Å². The molecule has 0 bridgehead atoms. The minimum absolute atomic E-state index is 0.179. The molecule has 1 aromatic rings. The van der Waals surface area contributed by atoms with Crippen LogP contribution in [0.15, 0.2) is 6.07 Å². The number of hydrogen-bond donors (Lipinski definition) is 3.